The molecule has 1 rings (SSSR count). The Morgan fingerprint density at radius 1 is 1.37 bits per heavy atom. The Balaban J connectivity index is 2.69. The topological polar surface area (TPSA) is 87.7 Å². The second-order valence-corrected chi connectivity index (χ2v) is 6.22. The van der Waals surface area contributed by atoms with E-state index >= 15 is 0 Å². The Labute approximate surface area is 117 Å². The molecule has 5 nitrogen and oxygen atoms in total. The van der Waals surface area contributed by atoms with E-state index in [1.807, 2.05) is 6.26 Å². The third kappa shape index (κ3) is 4.48. The van der Waals surface area contributed by atoms with E-state index in [4.69, 9.17) is 10.9 Å². The van der Waals surface area contributed by atoms with Gasteiger partial charge in [0.15, 0.2) is 5.84 Å². The molecule has 104 valence electrons. The van der Waals surface area contributed by atoms with Crippen LogP contribution < -0.4 is 11.1 Å². The highest BCUT2D eigenvalue weighted by atomic mass is 32.2. The molecule has 19 heavy (non-hydrogen) atoms. The number of amides is 1. The van der Waals surface area contributed by atoms with Gasteiger partial charge in [0.05, 0.1) is 0 Å². The monoisotopic (exact) mass is 281 g/mol. The van der Waals surface area contributed by atoms with Crippen LogP contribution in [0.25, 0.3) is 0 Å². The van der Waals surface area contributed by atoms with Crippen molar-refractivity contribution < 1.29 is 10.0 Å². The Bertz CT molecular complexity index is 469. The molecule has 0 bridgehead atoms. The summed E-state index contributed by atoms with van der Waals surface area (Å²) in [5, 5.41) is 14.3. The summed E-state index contributed by atoms with van der Waals surface area (Å²) < 4.78 is 0.00355. The zero-order valence-corrected chi connectivity index (χ0v) is 12.1. The number of carbonyl (C=O) groups excluding carboxylic acids is 1. The number of nitrogens with two attached hydrogens (primary N) is 1. The maximum absolute atomic E-state index is 11.9. The summed E-state index contributed by atoms with van der Waals surface area (Å²) in [5.74, 6) is -0.108. The molecule has 0 spiro atoms. The number of nitrogens with one attached hydrogen (secondary N) is 1. The van der Waals surface area contributed by atoms with E-state index in [-0.39, 0.29) is 16.5 Å². The third-order valence-electron chi connectivity index (χ3n) is 2.78. The van der Waals surface area contributed by atoms with E-state index in [1.54, 1.807) is 36.0 Å². The van der Waals surface area contributed by atoms with Gasteiger partial charge in [-0.05, 0) is 32.2 Å². The molecule has 0 fully saturated rings. The highest BCUT2D eigenvalue weighted by Gasteiger charge is 2.17. The van der Waals surface area contributed by atoms with Crippen LogP contribution in [0, 0.1) is 0 Å². The van der Waals surface area contributed by atoms with Gasteiger partial charge in [-0.15, -0.1) is 0 Å². The molecule has 6 heteroatoms. The molecular weight excluding hydrogens is 262 g/mol. The van der Waals surface area contributed by atoms with E-state index in [2.05, 4.69) is 24.3 Å². The number of rotatable bonds is 5. The highest BCUT2D eigenvalue weighted by molar-refractivity contribution is 7.99. The van der Waals surface area contributed by atoms with E-state index in [1.165, 1.54) is 0 Å². The Morgan fingerprint density at radius 2 is 1.89 bits per heavy atom. The SMILES string of the molecule is CSC(C)(C)CNC(=O)c1ccc(/C(N)=N/O)cc1. The maximum Gasteiger partial charge on any atom is 0.251 e. The summed E-state index contributed by atoms with van der Waals surface area (Å²) in [4.78, 5) is 11.9. The molecule has 0 aliphatic heterocycles. The molecule has 0 aromatic heterocycles. The summed E-state index contributed by atoms with van der Waals surface area (Å²) in [7, 11) is 0. The maximum atomic E-state index is 11.9. The van der Waals surface area contributed by atoms with Gasteiger partial charge in [-0.25, -0.2) is 0 Å². The van der Waals surface area contributed by atoms with Gasteiger partial charge in [0.25, 0.3) is 5.91 Å². The fourth-order valence-electron chi connectivity index (χ4n) is 1.32. The van der Waals surface area contributed by atoms with Crippen molar-refractivity contribution in [3.05, 3.63) is 35.4 Å². The molecule has 0 radical (unpaired) electrons. The van der Waals surface area contributed by atoms with Crippen LogP contribution in [0.5, 0.6) is 0 Å². The molecule has 0 unspecified atom stereocenters. The Hall–Kier alpha value is -1.69. The van der Waals surface area contributed by atoms with Crippen molar-refractivity contribution >= 4 is 23.5 Å². The van der Waals surface area contributed by atoms with Crippen molar-refractivity contribution in [2.45, 2.75) is 18.6 Å². The molecule has 1 amide bonds. The van der Waals surface area contributed by atoms with Crippen LogP contribution in [0.15, 0.2) is 29.4 Å². The van der Waals surface area contributed by atoms with Gasteiger partial charge in [0, 0.05) is 22.4 Å². The van der Waals surface area contributed by atoms with Crippen LogP contribution in [-0.2, 0) is 0 Å². The van der Waals surface area contributed by atoms with Gasteiger partial charge in [-0.3, -0.25) is 4.79 Å². The van der Waals surface area contributed by atoms with Crippen LogP contribution in [0.1, 0.15) is 29.8 Å². The molecule has 0 saturated heterocycles. The minimum absolute atomic E-state index is 0.00355. The number of amidine groups is 1. The lowest BCUT2D eigenvalue weighted by Gasteiger charge is -2.22. The van der Waals surface area contributed by atoms with Crippen LogP contribution >= 0.6 is 11.8 Å². The van der Waals surface area contributed by atoms with E-state index < -0.39 is 0 Å². The molecular formula is C13H19N3O2S. The molecule has 0 aliphatic carbocycles. The molecule has 4 N–H and O–H groups in total. The van der Waals surface area contributed by atoms with Crippen LogP contribution in [0.4, 0.5) is 0 Å². The van der Waals surface area contributed by atoms with Crippen LogP contribution in [0.2, 0.25) is 0 Å². The van der Waals surface area contributed by atoms with E-state index in [0.29, 0.717) is 17.7 Å². The van der Waals surface area contributed by atoms with Gasteiger partial charge in [-0.2, -0.15) is 11.8 Å². The Morgan fingerprint density at radius 3 is 2.37 bits per heavy atom. The van der Waals surface area contributed by atoms with Gasteiger partial charge in [-0.1, -0.05) is 17.3 Å². The fourth-order valence-corrected chi connectivity index (χ4v) is 1.53. The first-order valence-corrected chi connectivity index (χ1v) is 7.03. The first kappa shape index (κ1) is 15.4. The van der Waals surface area contributed by atoms with Gasteiger partial charge in [0.2, 0.25) is 0 Å². The summed E-state index contributed by atoms with van der Waals surface area (Å²) in [6, 6.07) is 6.58. The third-order valence-corrected chi connectivity index (χ3v) is 4.03. The van der Waals surface area contributed by atoms with Crippen molar-refractivity contribution in [3.63, 3.8) is 0 Å². The minimum Gasteiger partial charge on any atom is -0.409 e. The summed E-state index contributed by atoms with van der Waals surface area (Å²) in [6.45, 7) is 4.73. The van der Waals surface area contributed by atoms with Crippen molar-refractivity contribution in [1.29, 1.82) is 0 Å². The average Bonchev–Trinajstić information content (AvgIpc) is 2.44. The summed E-state index contributed by atoms with van der Waals surface area (Å²) >= 11 is 1.70. The quantitative estimate of drug-likeness (QED) is 0.331. The van der Waals surface area contributed by atoms with Crippen molar-refractivity contribution in [2.24, 2.45) is 10.9 Å². The van der Waals surface area contributed by atoms with E-state index in [0.717, 1.165) is 0 Å². The number of oxime groups is 1. The zero-order chi connectivity index (χ0) is 14.5. The standard InChI is InChI=1S/C13H19N3O2S/c1-13(2,19-3)8-15-12(17)10-6-4-9(5-7-10)11(14)16-18/h4-7,18H,8H2,1-3H3,(H2,14,16)(H,15,17). The fraction of sp³-hybridized carbons (Fsp3) is 0.385. The lowest BCUT2D eigenvalue weighted by molar-refractivity contribution is 0.0951. The van der Waals surface area contributed by atoms with Crippen LogP contribution in [0.3, 0.4) is 0 Å². The number of carbonyl (C=O) groups is 1. The lowest BCUT2D eigenvalue weighted by Crippen LogP contribution is -2.36. The molecule has 0 saturated carbocycles. The van der Waals surface area contributed by atoms with Crippen LogP contribution in [-0.4, -0.2) is 34.5 Å². The number of benzene rings is 1. The smallest absolute Gasteiger partial charge is 0.251 e. The minimum atomic E-state index is -0.131. The first-order valence-electron chi connectivity index (χ1n) is 5.81. The van der Waals surface area contributed by atoms with E-state index in [9.17, 15) is 4.79 Å². The summed E-state index contributed by atoms with van der Waals surface area (Å²) in [5.41, 5.74) is 6.57. The predicted octanol–water partition coefficient (Wildman–Crippen LogP) is 1.65. The highest BCUT2D eigenvalue weighted by Crippen LogP contribution is 2.19. The lowest BCUT2D eigenvalue weighted by atomic mass is 10.1. The normalized spacial score (nSPS) is 12.3. The summed E-state index contributed by atoms with van der Waals surface area (Å²) in [6.07, 6.45) is 2.01. The number of hydrogen-bond donors (Lipinski definition) is 3. The van der Waals surface area contributed by atoms with Crippen molar-refractivity contribution in [1.82, 2.24) is 5.32 Å². The molecule has 0 aliphatic rings. The average molecular weight is 281 g/mol. The molecule has 1 aromatic rings. The first-order chi connectivity index (χ1) is 8.89. The second-order valence-electron chi connectivity index (χ2n) is 4.71. The van der Waals surface area contributed by atoms with Crippen molar-refractivity contribution in [2.75, 3.05) is 12.8 Å². The van der Waals surface area contributed by atoms with Gasteiger partial charge >= 0.3 is 0 Å². The number of thioether (sulfide) groups is 1. The largest absolute Gasteiger partial charge is 0.409 e. The zero-order valence-electron chi connectivity index (χ0n) is 11.3. The van der Waals surface area contributed by atoms with Crippen molar-refractivity contribution in [3.8, 4) is 0 Å². The predicted molar refractivity (Wildman–Crippen MR) is 78.9 cm³/mol. The van der Waals surface area contributed by atoms with Gasteiger partial charge in [0.1, 0.15) is 0 Å². The Kier molecular flexibility index (Phi) is 5.23. The molecule has 0 atom stereocenters. The van der Waals surface area contributed by atoms with Gasteiger partial charge < -0.3 is 16.3 Å². The number of hydrogen-bond acceptors (Lipinski definition) is 4. The number of nitrogens with zero attached hydrogens (tertiary/aromatic N) is 1. The second kappa shape index (κ2) is 6.47. The molecule has 0 heterocycles. The molecule has 1 aromatic carbocycles.